The molecule has 0 aromatic carbocycles. The fourth-order valence-corrected chi connectivity index (χ4v) is 2.47. The van der Waals surface area contributed by atoms with E-state index in [4.69, 9.17) is 9.47 Å². The Morgan fingerprint density at radius 3 is 2.67 bits per heavy atom. The first-order chi connectivity index (χ1) is 11.6. The third kappa shape index (κ3) is 7.63. The first kappa shape index (κ1) is 20.2. The molecule has 8 heteroatoms. The van der Waals surface area contributed by atoms with E-state index < -0.39 is 5.97 Å². The number of carbonyl (C=O) groups is 3. The van der Waals surface area contributed by atoms with Gasteiger partial charge in [0.25, 0.3) is 0 Å². The highest BCUT2D eigenvalue weighted by atomic mass is 16.6. The van der Waals surface area contributed by atoms with Gasteiger partial charge in [-0.15, -0.1) is 0 Å². The van der Waals surface area contributed by atoms with Gasteiger partial charge in [-0.3, -0.25) is 4.79 Å². The first-order valence-corrected chi connectivity index (χ1v) is 8.62. The number of rotatable bonds is 9. The van der Waals surface area contributed by atoms with Crippen molar-refractivity contribution in [1.29, 1.82) is 0 Å². The number of piperidine rings is 1. The lowest BCUT2D eigenvalue weighted by Crippen LogP contribution is -2.49. The number of amides is 3. The largest absolute Gasteiger partial charge is 0.464 e. The van der Waals surface area contributed by atoms with Crippen LogP contribution in [0.2, 0.25) is 0 Å². The minimum Gasteiger partial charge on any atom is -0.464 e. The minimum absolute atomic E-state index is 0.0205. The highest BCUT2D eigenvalue weighted by Crippen LogP contribution is 2.16. The second-order valence-corrected chi connectivity index (χ2v) is 5.67. The molecule has 1 saturated heterocycles. The van der Waals surface area contributed by atoms with Gasteiger partial charge < -0.3 is 25.0 Å². The molecular formula is C16H29N3O5. The van der Waals surface area contributed by atoms with Gasteiger partial charge in [-0.05, 0) is 26.2 Å². The van der Waals surface area contributed by atoms with Crippen LogP contribution in [0.1, 0.15) is 33.1 Å². The van der Waals surface area contributed by atoms with Crippen molar-refractivity contribution in [1.82, 2.24) is 15.5 Å². The van der Waals surface area contributed by atoms with Crippen molar-refractivity contribution in [2.45, 2.75) is 33.1 Å². The van der Waals surface area contributed by atoms with Crippen LogP contribution in [0.3, 0.4) is 0 Å². The van der Waals surface area contributed by atoms with E-state index in [1.807, 2.05) is 6.92 Å². The Labute approximate surface area is 143 Å². The Bertz CT molecular complexity index is 417. The van der Waals surface area contributed by atoms with Gasteiger partial charge in [-0.2, -0.15) is 0 Å². The average molecular weight is 343 g/mol. The van der Waals surface area contributed by atoms with Crippen LogP contribution < -0.4 is 10.6 Å². The van der Waals surface area contributed by atoms with E-state index in [1.165, 1.54) is 0 Å². The number of nitrogens with one attached hydrogen (secondary N) is 2. The summed E-state index contributed by atoms with van der Waals surface area (Å²) in [5, 5.41) is 5.62. The molecule has 3 amide bonds. The van der Waals surface area contributed by atoms with Gasteiger partial charge in [0.05, 0.1) is 19.1 Å². The minimum atomic E-state index is -0.416. The van der Waals surface area contributed by atoms with E-state index in [0.717, 1.165) is 19.3 Å². The number of hydrogen-bond acceptors (Lipinski definition) is 5. The molecule has 1 heterocycles. The van der Waals surface area contributed by atoms with Gasteiger partial charge in [0.1, 0.15) is 6.61 Å². The number of ether oxygens (including phenoxy) is 2. The summed E-state index contributed by atoms with van der Waals surface area (Å²) in [5.41, 5.74) is 0. The van der Waals surface area contributed by atoms with Crippen molar-refractivity contribution in [3.05, 3.63) is 0 Å². The molecule has 0 aliphatic carbocycles. The Hall–Kier alpha value is -1.83. The summed E-state index contributed by atoms with van der Waals surface area (Å²) < 4.78 is 9.85. The number of carbonyl (C=O) groups excluding carboxylic acids is 3. The molecule has 1 aliphatic rings. The Balaban J connectivity index is 2.22. The van der Waals surface area contributed by atoms with Gasteiger partial charge >= 0.3 is 12.0 Å². The molecule has 0 aromatic rings. The molecule has 1 atom stereocenters. The van der Waals surface area contributed by atoms with Crippen LogP contribution in [-0.4, -0.2) is 68.8 Å². The zero-order chi connectivity index (χ0) is 17.8. The molecule has 0 bridgehead atoms. The van der Waals surface area contributed by atoms with Crippen molar-refractivity contribution in [2.75, 3.05) is 46.0 Å². The van der Waals surface area contributed by atoms with E-state index in [2.05, 4.69) is 10.6 Å². The van der Waals surface area contributed by atoms with Gasteiger partial charge in [0.2, 0.25) is 5.91 Å². The number of nitrogens with zero attached hydrogens (tertiary/aromatic N) is 1. The summed E-state index contributed by atoms with van der Waals surface area (Å²) in [5.74, 6) is -0.538. The number of esters is 1. The zero-order valence-electron chi connectivity index (χ0n) is 14.6. The number of urea groups is 1. The molecule has 0 aromatic heterocycles. The quantitative estimate of drug-likeness (QED) is 0.470. The van der Waals surface area contributed by atoms with Crippen LogP contribution in [0.5, 0.6) is 0 Å². The predicted octanol–water partition coefficient (Wildman–Crippen LogP) is 0.514. The van der Waals surface area contributed by atoms with Crippen LogP contribution in [0.15, 0.2) is 0 Å². The summed E-state index contributed by atoms with van der Waals surface area (Å²) >= 11 is 0. The van der Waals surface area contributed by atoms with Gasteiger partial charge in [-0.25, -0.2) is 9.59 Å². The van der Waals surface area contributed by atoms with Crippen LogP contribution in [0.25, 0.3) is 0 Å². The zero-order valence-corrected chi connectivity index (χ0v) is 14.6. The highest BCUT2D eigenvalue weighted by molar-refractivity contribution is 5.80. The summed E-state index contributed by atoms with van der Waals surface area (Å²) in [6.45, 7) is 6.23. The standard InChI is InChI=1S/C16H29N3O5/c1-3-7-17-15(21)13-6-5-9-19(11-13)16(22)18-8-10-23-12-14(20)24-4-2/h13H,3-12H2,1-2H3,(H,17,21)(H,18,22). The molecule has 138 valence electrons. The normalized spacial score (nSPS) is 17.2. The molecule has 1 fully saturated rings. The fraction of sp³-hybridized carbons (Fsp3) is 0.812. The highest BCUT2D eigenvalue weighted by Gasteiger charge is 2.27. The maximum atomic E-state index is 12.1. The molecule has 1 rings (SSSR count). The third-order valence-corrected chi connectivity index (χ3v) is 3.68. The van der Waals surface area contributed by atoms with Crippen LogP contribution in [-0.2, 0) is 19.1 Å². The van der Waals surface area contributed by atoms with Crippen molar-refractivity contribution in [3.63, 3.8) is 0 Å². The van der Waals surface area contributed by atoms with Crippen molar-refractivity contribution in [3.8, 4) is 0 Å². The molecule has 1 aliphatic heterocycles. The van der Waals surface area contributed by atoms with Crippen molar-refractivity contribution >= 4 is 17.9 Å². The summed E-state index contributed by atoms with van der Waals surface area (Å²) in [4.78, 5) is 36.9. The van der Waals surface area contributed by atoms with E-state index in [0.29, 0.717) is 32.8 Å². The maximum absolute atomic E-state index is 12.1. The van der Waals surface area contributed by atoms with Crippen molar-refractivity contribution in [2.24, 2.45) is 5.92 Å². The molecular weight excluding hydrogens is 314 g/mol. The van der Waals surface area contributed by atoms with Crippen LogP contribution in [0.4, 0.5) is 4.79 Å². The van der Waals surface area contributed by atoms with Crippen LogP contribution >= 0.6 is 0 Å². The van der Waals surface area contributed by atoms with Gasteiger partial charge in [0, 0.05) is 26.2 Å². The van der Waals surface area contributed by atoms with Crippen LogP contribution in [0, 0.1) is 5.92 Å². The maximum Gasteiger partial charge on any atom is 0.332 e. The summed E-state index contributed by atoms with van der Waals surface area (Å²) in [6, 6.07) is -0.206. The average Bonchev–Trinajstić information content (AvgIpc) is 2.59. The summed E-state index contributed by atoms with van der Waals surface area (Å²) in [7, 11) is 0. The van der Waals surface area contributed by atoms with E-state index in [9.17, 15) is 14.4 Å². The van der Waals surface area contributed by atoms with E-state index >= 15 is 0 Å². The SMILES string of the molecule is CCCNC(=O)C1CCCN(C(=O)NCCOCC(=O)OCC)C1. The lowest BCUT2D eigenvalue weighted by atomic mass is 9.97. The lowest BCUT2D eigenvalue weighted by molar-refractivity contribution is -0.148. The number of likely N-dealkylation sites (tertiary alicyclic amines) is 1. The molecule has 0 spiro atoms. The van der Waals surface area contributed by atoms with Gasteiger partial charge in [-0.1, -0.05) is 6.92 Å². The lowest BCUT2D eigenvalue weighted by Gasteiger charge is -2.32. The smallest absolute Gasteiger partial charge is 0.332 e. The molecule has 1 unspecified atom stereocenters. The van der Waals surface area contributed by atoms with E-state index in [-0.39, 0.29) is 31.1 Å². The fourth-order valence-electron chi connectivity index (χ4n) is 2.47. The first-order valence-electron chi connectivity index (χ1n) is 8.62. The second-order valence-electron chi connectivity index (χ2n) is 5.67. The molecule has 0 saturated carbocycles. The monoisotopic (exact) mass is 343 g/mol. The van der Waals surface area contributed by atoms with Gasteiger partial charge in [0.15, 0.2) is 0 Å². The third-order valence-electron chi connectivity index (χ3n) is 3.68. The second kappa shape index (κ2) is 11.7. The topological polar surface area (TPSA) is 97.0 Å². The molecule has 24 heavy (non-hydrogen) atoms. The summed E-state index contributed by atoms with van der Waals surface area (Å²) in [6.07, 6.45) is 2.52. The Morgan fingerprint density at radius 2 is 1.96 bits per heavy atom. The number of hydrogen-bond donors (Lipinski definition) is 2. The van der Waals surface area contributed by atoms with E-state index in [1.54, 1.807) is 11.8 Å². The molecule has 0 radical (unpaired) electrons. The molecule has 2 N–H and O–H groups in total. The predicted molar refractivity (Wildman–Crippen MR) is 88.4 cm³/mol. The Morgan fingerprint density at radius 1 is 1.17 bits per heavy atom. The van der Waals surface area contributed by atoms with Crippen molar-refractivity contribution < 1.29 is 23.9 Å². The molecule has 8 nitrogen and oxygen atoms in total. The Kier molecular flexibility index (Phi) is 9.83.